The Labute approximate surface area is 114 Å². The normalized spacial score (nSPS) is 18.4. The SMILES string of the molecule is NC(=S)C1CCCN1C(=O)Nc1ccc(F)cc1F. The number of nitrogens with two attached hydrogens (primary N) is 1. The largest absolute Gasteiger partial charge is 0.392 e. The van der Waals surface area contributed by atoms with Gasteiger partial charge in [-0.25, -0.2) is 13.6 Å². The minimum Gasteiger partial charge on any atom is -0.392 e. The highest BCUT2D eigenvalue weighted by molar-refractivity contribution is 7.80. The van der Waals surface area contributed by atoms with Crippen LogP contribution in [0.1, 0.15) is 12.8 Å². The molecule has 2 rings (SSSR count). The quantitative estimate of drug-likeness (QED) is 0.819. The van der Waals surface area contributed by atoms with Crippen LogP contribution >= 0.6 is 12.2 Å². The molecule has 102 valence electrons. The van der Waals surface area contributed by atoms with Crippen molar-refractivity contribution in [2.24, 2.45) is 5.73 Å². The number of urea groups is 1. The van der Waals surface area contributed by atoms with E-state index in [0.29, 0.717) is 19.0 Å². The first-order chi connectivity index (χ1) is 8.99. The van der Waals surface area contributed by atoms with Gasteiger partial charge in [-0.05, 0) is 25.0 Å². The van der Waals surface area contributed by atoms with Crippen molar-refractivity contribution in [3.63, 3.8) is 0 Å². The highest BCUT2D eigenvalue weighted by atomic mass is 32.1. The van der Waals surface area contributed by atoms with E-state index in [9.17, 15) is 13.6 Å². The highest BCUT2D eigenvalue weighted by Crippen LogP contribution is 2.20. The molecule has 0 spiro atoms. The first-order valence-corrected chi connectivity index (χ1v) is 6.22. The van der Waals surface area contributed by atoms with Crippen molar-refractivity contribution >= 4 is 28.9 Å². The lowest BCUT2D eigenvalue weighted by Gasteiger charge is -2.24. The Kier molecular flexibility index (Phi) is 3.94. The predicted molar refractivity (Wildman–Crippen MR) is 71.9 cm³/mol. The Morgan fingerprint density at radius 1 is 1.47 bits per heavy atom. The molecule has 1 saturated heterocycles. The molecule has 3 N–H and O–H groups in total. The Hall–Kier alpha value is -1.76. The van der Waals surface area contributed by atoms with Gasteiger partial charge < -0.3 is 16.0 Å². The first-order valence-electron chi connectivity index (χ1n) is 5.81. The van der Waals surface area contributed by atoms with Crippen LogP contribution in [0.25, 0.3) is 0 Å². The summed E-state index contributed by atoms with van der Waals surface area (Å²) in [6.45, 7) is 0.511. The summed E-state index contributed by atoms with van der Waals surface area (Å²) in [5, 5.41) is 2.39. The molecule has 1 heterocycles. The van der Waals surface area contributed by atoms with Crippen LogP contribution in [-0.4, -0.2) is 28.5 Å². The number of hydrogen-bond acceptors (Lipinski definition) is 2. The van der Waals surface area contributed by atoms with Crippen molar-refractivity contribution in [2.45, 2.75) is 18.9 Å². The number of likely N-dealkylation sites (tertiary alicyclic amines) is 1. The number of nitrogens with one attached hydrogen (secondary N) is 1. The molecule has 2 amide bonds. The number of thiocarbonyl (C=S) groups is 1. The fourth-order valence-corrected chi connectivity index (χ4v) is 2.33. The van der Waals surface area contributed by atoms with Crippen molar-refractivity contribution in [1.29, 1.82) is 0 Å². The van der Waals surface area contributed by atoms with Gasteiger partial charge in [0.05, 0.1) is 16.7 Å². The van der Waals surface area contributed by atoms with E-state index in [1.165, 1.54) is 11.0 Å². The Balaban J connectivity index is 2.10. The monoisotopic (exact) mass is 285 g/mol. The number of halogens is 2. The van der Waals surface area contributed by atoms with Gasteiger partial charge in [0.2, 0.25) is 0 Å². The van der Waals surface area contributed by atoms with Gasteiger partial charge in [0, 0.05) is 12.6 Å². The molecule has 1 atom stereocenters. The number of carbonyl (C=O) groups is 1. The van der Waals surface area contributed by atoms with Gasteiger partial charge in [0.1, 0.15) is 11.6 Å². The summed E-state index contributed by atoms with van der Waals surface area (Å²) in [7, 11) is 0. The van der Waals surface area contributed by atoms with Gasteiger partial charge in [-0.1, -0.05) is 12.2 Å². The van der Waals surface area contributed by atoms with E-state index >= 15 is 0 Å². The third-order valence-corrected chi connectivity index (χ3v) is 3.29. The van der Waals surface area contributed by atoms with Crippen LogP contribution in [0.4, 0.5) is 19.3 Å². The van der Waals surface area contributed by atoms with Crippen LogP contribution in [-0.2, 0) is 0 Å². The number of amides is 2. The Morgan fingerprint density at radius 3 is 2.84 bits per heavy atom. The van der Waals surface area contributed by atoms with Crippen LogP contribution in [0.2, 0.25) is 0 Å². The summed E-state index contributed by atoms with van der Waals surface area (Å²) >= 11 is 4.89. The van der Waals surface area contributed by atoms with E-state index in [0.717, 1.165) is 12.5 Å². The fourth-order valence-electron chi connectivity index (χ4n) is 2.08. The zero-order valence-corrected chi connectivity index (χ0v) is 10.8. The van der Waals surface area contributed by atoms with Gasteiger partial charge in [0.25, 0.3) is 0 Å². The zero-order valence-electron chi connectivity index (χ0n) is 10.0. The molecule has 0 aromatic heterocycles. The topological polar surface area (TPSA) is 58.4 Å². The molecule has 7 heteroatoms. The molecule has 1 fully saturated rings. The number of rotatable bonds is 2. The van der Waals surface area contributed by atoms with Crippen LogP contribution in [0.5, 0.6) is 0 Å². The minimum atomic E-state index is -0.820. The summed E-state index contributed by atoms with van der Waals surface area (Å²) in [6.07, 6.45) is 1.50. The fraction of sp³-hybridized carbons (Fsp3) is 0.333. The third-order valence-electron chi connectivity index (χ3n) is 3.01. The number of nitrogens with zero attached hydrogens (tertiary/aromatic N) is 1. The second-order valence-corrected chi connectivity index (χ2v) is 4.78. The van der Waals surface area contributed by atoms with Crippen molar-refractivity contribution in [2.75, 3.05) is 11.9 Å². The van der Waals surface area contributed by atoms with E-state index in [1.807, 2.05) is 0 Å². The van der Waals surface area contributed by atoms with Gasteiger partial charge in [-0.2, -0.15) is 0 Å². The molecule has 1 aliphatic heterocycles. The zero-order chi connectivity index (χ0) is 14.0. The number of anilines is 1. The maximum absolute atomic E-state index is 13.4. The molecule has 1 aromatic carbocycles. The van der Waals surface area contributed by atoms with Crippen molar-refractivity contribution in [3.05, 3.63) is 29.8 Å². The summed E-state index contributed by atoms with van der Waals surface area (Å²) in [5.74, 6) is -1.52. The second-order valence-electron chi connectivity index (χ2n) is 4.31. The molecule has 19 heavy (non-hydrogen) atoms. The van der Waals surface area contributed by atoms with Crippen LogP contribution in [0.15, 0.2) is 18.2 Å². The van der Waals surface area contributed by atoms with Gasteiger partial charge >= 0.3 is 6.03 Å². The van der Waals surface area contributed by atoms with Crippen LogP contribution < -0.4 is 11.1 Å². The molecular weight excluding hydrogens is 272 g/mol. The molecular formula is C12H13F2N3OS. The maximum Gasteiger partial charge on any atom is 0.322 e. The minimum absolute atomic E-state index is 0.0695. The number of hydrogen-bond donors (Lipinski definition) is 2. The standard InChI is InChI=1S/C12H13F2N3OS/c13-7-3-4-9(8(14)6-7)16-12(18)17-5-1-2-10(17)11(15)19/h3-4,6,10H,1-2,5H2,(H2,15,19)(H,16,18). The smallest absolute Gasteiger partial charge is 0.322 e. The van der Waals surface area contributed by atoms with E-state index in [4.69, 9.17) is 18.0 Å². The molecule has 0 radical (unpaired) electrons. The second kappa shape index (κ2) is 5.48. The average molecular weight is 285 g/mol. The van der Waals surface area contributed by atoms with Gasteiger partial charge in [-0.3, -0.25) is 0 Å². The van der Waals surface area contributed by atoms with Crippen LogP contribution in [0.3, 0.4) is 0 Å². The van der Waals surface area contributed by atoms with E-state index < -0.39 is 17.7 Å². The molecule has 4 nitrogen and oxygen atoms in total. The molecule has 0 bridgehead atoms. The van der Waals surface area contributed by atoms with Crippen molar-refractivity contribution in [3.8, 4) is 0 Å². The summed E-state index contributed by atoms with van der Waals surface area (Å²) in [4.78, 5) is 13.7. The number of carbonyl (C=O) groups excluding carboxylic acids is 1. The molecule has 1 aromatic rings. The van der Waals surface area contributed by atoms with Crippen LogP contribution in [0, 0.1) is 11.6 Å². The Bertz CT molecular complexity index is 524. The van der Waals surface area contributed by atoms with E-state index in [2.05, 4.69) is 5.32 Å². The van der Waals surface area contributed by atoms with Crippen molar-refractivity contribution < 1.29 is 13.6 Å². The average Bonchev–Trinajstić information content (AvgIpc) is 2.82. The van der Waals surface area contributed by atoms with Gasteiger partial charge in [-0.15, -0.1) is 0 Å². The third kappa shape index (κ3) is 2.98. The number of benzene rings is 1. The first kappa shape index (κ1) is 13.7. The van der Waals surface area contributed by atoms with Crippen molar-refractivity contribution in [1.82, 2.24) is 4.90 Å². The molecule has 1 aliphatic rings. The van der Waals surface area contributed by atoms with E-state index in [1.54, 1.807) is 0 Å². The predicted octanol–water partition coefficient (Wildman–Crippen LogP) is 2.25. The van der Waals surface area contributed by atoms with Gasteiger partial charge in [0.15, 0.2) is 0 Å². The lowest BCUT2D eigenvalue weighted by atomic mass is 10.2. The maximum atomic E-state index is 13.4. The lowest BCUT2D eigenvalue weighted by Crippen LogP contribution is -2.44. The molecule has 1 unspecified atom stereocenters. The molecule has 0 saturated carbocycles. The van der Waals surface area contributed by atoms with E-state index in [-0.39, 0.29) is 16.7 Å². The molecule has 0 aliphatic carbocycles. The lowest BCUT2D eigenvalue weighted by molar-refractivity contribution is 0.216. The highest BCUT2D eigenvalue weighted by Gasteiger charge is 2.30. The Morgan fingerprint density at radius 2 is 2.21 bits per heavy atom. The summed E-state index contributed by atoms with van der Waals surface area (Å²) in [5.41, 5.74) is 5.49. The summed E-state index contributed by atoms with van der Waals surface area (Å²) < 4.78 is 26.2. The summed E-state index contributed by atoms with van der Waals surface area (Å²) in [6, 6.07) is 2.17.